The van der Waals surface area contributed by atoms with E-state index in [0.717, 1.165) is 57.9 Å². The standard InChI is InChI=1S/C21H33N3O2.HI/c1-2-22-21(24-19-16-18-10-11-20(19)26-18)23-13-6-7-14-25-15-12-17-8-4-3-5-9-17;/h3-5,8-9,18-20H,2,6-7,10-16H2,1H3,(H2,22,23,24);1H. The molecule has 2 N–H and O–H groups in total. The molecule has 6 heteroatoms. The number of aliphatic imine (C=N–C) groups is 1. The first-order chi connectivity index (χ1) is 12.8. The summed E-state index contributed by atoms with van der Waals surface area (Å²) in [6.45, 7) is 5.43. The van der Waals surface area contributed by atoms with Gasteiger partial charge in [-0.25, -0.2) is 0 Å². The molecule has 3 atom stereocenters. The number of halogens is 1. The molecule has 2 bridgehead atoms. The summed E-state index contributed by atoms with van der Waals surface area (Å²) in [5.41, 5.74) is 1.34. The number of nitrogens with zero attached hydrogens (tertiary/aromatic N) is 1. The minimum Gasteiger partial charge on any atom is -0.381 e. The molecular weight excluding hydrogens is 453 g/mol. The fourth-order valence-electron chi connectivity index (χ4n) is 3.73. The molecule has 0 saturated carbocycles. The van der Waals surface area contributed by atoms with Crippen LogP contribution in [0.5, 0.6) is 0 Å². The second-order valence-electron chi connectivity index (χ2n) is 7.18. The van der Waals surface area contributed by atoms with Gasteiger partial charge in [-0.1, -0.05) is 30.3 Å². The summed E-state index contributed by atoms with van der Waals surface area (Å²) < 4.78 is 11.7. The molecular formula is C21H34IN3O2. The van der Waals surface area contributed by atoms with Crippen LogP contribution in [-0.4, -0.2) is 50.5 Å². The van der Waals surface area contributed by atoms with Crippen LogP contribution in [0.15, 0.2) is 35.3 Å². The van der Waals surface area contributed by atoms with Crippen LogP contribution in [0.4, 0.5) is 0 Å². The van der Waals surface area contributed by atoms with Gasteiger partial charge in [-0.2, -0.15) is 0 Å². The Morgan fingerprint density at radius 2 is 2.04 bits per heavy atom. The number of rotatable bonds is 10. The lowest BCUT2D eigenvalue weighted by Crippen LogP contribution is -2.47. The molecule has 27 heavy (non-hydrogen) atoms. The second kappa shape index (κ2) is 12.6. The van der Waals surface area contributed by atoms with E-state index in [1.165, 1.54) is 18.4 Å². The molecule has 2 heterocycles. The fraction of sp³-hybridized carbons (Fsp3) is 0.667. The van der Waals surface area contributed by atoms with Crippen LogP contribution < -0.4 is 10.6 Å². The third kappa shape index (κ3) is 7.58. The largest absolute Gasteiger partial charge is 0.381 e. The molecule has 3 rings (SSSR count). The van der Waals surface area contributed by atoms with Gasteiger partial charge in [0.25, 0.3) is 0 Å². The summed E-state index contributed by atoms with van der Waals surface area (Å²) in [4.78, 5) is 4.71. The van der Waals surface area contributed by atoms with E-state index in [1.807, 2.05) is 6.07 Å². The number of guanidine groups is 1. The van der Waals surface area contributed by atoms with Crippen molar-refractivity contribution >= 4 is 29.9 Å². The van der Waals surface area contributed by atoms with Gasteiger partial charge in [-0.05, 0) is 51.0 Å². The van der Waals surface area contributed by atoms with Gasteiger partial charge in [-0.3, -0.25) is 4.99 Å². The van der Waals surface area contributed by atoms with Crippen LogP contribution in [-0.2, 0) is 15.9 Å². The summed E-state index contributed by atoms with van der Waals surface area (Å²) in [5.74, 6) is 0.929. The quantitative estimate of drug-likeness (QED) is 0.230. The topological polar surface area (TPSA) is 54.9 Å². The molecule has 2 saturated heterocycles. The predicted molar refractivity (Wildman–Crippen MR) is 121 cm³/mol. The van der Waals surface area contributed by atoms with Gasteiger partial charge in [0.1, 0.15) is 0 Å². The molecule has 152 valence electrons. The third-order valence-electron chi connectivity index (χ3n) is 5.12. The van der Waals surface area contributed by atoms with Gasteiger partial charge in [0.05, 0.1) is 24.9 Å². The second-order valence-corrected chi connectivity index (χ2v) is 7.18. The van der Waals surface area contributed by atoms with Crippen LogP contribution in [0.1, 0.15) is 44.6 Å². The first-order valence-corrected chi connectivity index (χ1v) is 10.2. The molecule has 0 radical (unpaired) electrons. The highest BCUT2D eigenvalue weighted by atomic mass is 127. The summed E-state index contributed by atoms with van der Waals surface area (Å²) in [6, 6.07) is 10.9. The Hall–Kier alpha value is -0.860. The maximum atomic E-state index is 5.91. The highest BCUT2D eigenvalue weighted by Crippen LogP contribution is 2.34. The molecule has 2 fully saturated rings. The highest BCUT2D eigenvalue weighted by molar-refractivity contribution is 14.0. The first kappa shape index (κ1) is 22.4. The van der Waals surface area contributed by atoms with Crippen molar-refractivity contribution in [2.24, 2.45) is 4.99 Å². The Balaban J connectivity index is 0.00000261. The number of ether oxygens (including phenoxy) is 2. The van der Waals surface area contributed by atoms with Crippen molar-refractivity contribution in [3.05, 3.63) is 35.9 Å². The van der Waals surface area contributed by atoms with E-state index in [9.17, 15) is 0 Å². The van der Waals surface area contributed by atoms with Crippen LogP contribution in [0.25, 0.3) is 0 Å². The Bertz CT molecular complexity index is 556. The number of benzene rings is 1. The van der Waals surface area contributed by atoms with E-state index in [0.29, 0.717) is 18.2 Å². The van der Waals surface area contributed by atoms with Crippen molar-refractivity contribution in [2.75, 3.05) is 26.3 Å². The molecule has 0 spiro atoms. The Morgan fingerprint density at radius 1 is 1.19 bits per heavy atom. The lowest BCUT2D eigenvalue weighted by Gasteiger charge is -2.22. The molecule has 1 aromatic carbocycles. The van der Waals surface area contributed by atoms with Crippen LogP contribution in [0, 0.1) is 0 Å². The zero-order valence-corrected chi connectivity index (χ0v) is 18.7. The molecule has 0 amide bonds. The molecule has 0 aliphatic carbocycles. The Morgan fingerprint density at radius 3 is 2.74 bits per heavy atom. The minimum atomic E-state index is 0. The number of nitrogens with one attached hydrogen (secondary N) is 2. The van der Waals surface area contributed by atoms with Gasteiger partial charge in [0.15, 0.2) is 5.96 Å². The van der Waals surface area contributed by atoms with Crippen LogP contribution in [0.3, 0.4) is 0 Å². The highest BCUT2D eigenvalue weighted by Gasteiger charge is 2.41. The Kier molecular flexibility index (Phi) is 10.4. The molecule has 2 aliphatic rings. The van der Waals surface area contributed by atoms with Gasteiger partial charge in [-0.15, -0.1) is 24.0 Å². The van der Waals surface area contributed by atoms with E-state index in [2.05, 4.69) is 41.8 Å². The van der Waals surface area contributed by atoms with E-state index in [-0.39, 0.29) is 24.0 Å². The maximum absolute atomic E-state index is 5.91. The lowest BCUT2D eigenvalue weighted by atomic mass is 9.96. The number of unbranched alkanes of at least 4 members (excludes halogenated alkanes) is 1. The van der Waals surface area contributed by atoms with Crippen molar-refractivity contribution in [1.82, 2.24) is 10.6 Å². The SMILES string of the molecule is CCNC(=NCCCCOCCc1ccccc1)NC1CC2CCC1O2.I. The summed E-state index contributed by atoms with van der Waals surface area (Å²) in [6.07, 6.45) is 7.45. The minimum absolute atomic E-state index is 0. The van der Waals surface area contributed by atoms with Crippen molar-refractivity contribution in [3.8, 4) is 0 Å². The zero-order valence-electron chi connectivity index (χ0n) is 16.4. The van der Waals surface area contributed by atoms with Gasteiger partial charge in [0, 0.05) is 19.7 Å². The van der Waals surface area contributed by atoms with Crippen LogP contribution >= 0.6 is 24.0 Å². The third-order valence-corrected chi connectivity index (χ3v) is 5.12. The smallest absolute Gasteiger partial charge is 0.191 e. The van der Waals surface area contributed by atoms with E-state index in [4.69, 9.17) is 14.5 Å². The molecule has 2 aliphatic heterocycles. The summed E-state index contributed by atoms with van der Waals surface area (Å²) >= 11 is 0. The monoisotopic (exact) mass is 487 g/mol. The molecule has 1 aromatic rings. The average molecular weight is 487 g/mol. The van der Waals surface area contributed by atoms with Crippen molar-refractivity contribution in [1.29, 1.82) is 0 Å². The van der Waals surface area contributed by atoms with Gasteiger partial charge in [0.2, 0.25) is 0 Å². The first-order valence-electron chi connectivity index (χ1n) is 10.2. The number of fused-ring (bicyclic) bond motifs is 2. The van der Waals surface area contributed by atoms with Crippen molar-refractivity contribution in [3.63, 3.8) is 0 Å². The van der Waals surface area contributed by atoms with Crippen molar-refractivity contribution < 1.29 is 9.47 Å². The number of hydrogen-bond acceptors (Lipinski definition) is 3. The van der Waals surface area contributed by atoms with E-state index < -0.39 is 0 Å². The maximum Gasteiger partial charge on any atom is 0.191 e. The summed E-state index contributed by atoms with van der Waals surface area (Å²) in [5, 5.41) is 6.91. The predicted octanol–water partition coefficient (Wildman–Crippen LogP) is 3.52. The molecule has 0 aromatic heterocycles. The average Bonchev–Trinajstić information content (AvgIpc) is 3.28. The van der Waals surface area contributed by atoms with Crippen LogP contribution in [0.2, 0.25) is 0 Å². The van der Waals surface area contributed by atoms with Gasteiger partial charge >= 0.3 is 0 Å². The van der Waals surface area contributed by atoms with Gasteiger partial charge < -0.3 is 20.1 Å². The molecule has 5 nitrogen and oxygen atoms in total. The lowest BCUT2D eigenvalue weighted by molar-refractivity contribution is 0.0992. The Labute approximate surface area is 180 Å². The zero-order chi connectivity index (χ0) is 18.0. The number of hydrogen-bond donors (Lipinski definition) is 2. The molecule has 3 unspecified atom stereocenters. The summed E-state index contributed by atoms with van der Waals surface area (Å²) in [7, 11) is 0. The van der Waals surface area contributed by atoms with Crippen molar-refractivity contribution in [2.45, 2.75) is 63.7 Å². The van der Waals surface area contributed by atoms with E-state index >= 15 is 0 Å². The normalized spacial score (nSPS) is 23.9. The van der Waals surface area contributed by atoms with E-state index in [1.54, 1.807) is 0 Å². The fourth-order valence-corrected chi connectivity index (χ4v) is 3.73.